The standard InChI is InChI=1S/C11H13ClN4O2/c1-6(10(13)17)16-8(5-12)14-7-3-4-9(18-2)15-11(7)16/h3-4,6H,5H2,1-2H3,(H2,13,17). The maximum atomic E-state index is 11.3. The lowest BCUT2D eigenvalue weighted by atomic mass is 10.3. The van der Waals surface area contributed by atoms with Crippen molar-refractivity contribution in [1.82, 2.24) is 14.5 Å². The van der Waals surface area contributed by atoms with Crippen LogP contribution < -0.4 is 10.5 Å². The zero-order chi connectivity index (χ0) is 13.3. The highest BCUT2D eigenvalue weighted by atomic mass is 35.5. The van der Waals surface area contributed by atoms with Crippen molar-refractivity contribution in [3.8, 4) is 5.88 Å². The van der Waals surface area contributed by atoms with E-state index in [-0.39, 0.29) is 5.88 Å². The van der Waals surface area contributed by atoms with Gasteiger partial charge >= 0.3 is 0 Å². The number of alkyl halides is 1. The van der Waals surface area contributed by atoms with E-state index >= 15 is 0 Å². The number of aromatic nitrogens is 3. The van der Waals surface area contributed by atoms with Gasteiger partial charge in [-0.3, -0.25) is 9.36 Å². The second kappa shape index (κ2) is 4.81. The van der Waals surface area contributed by atoms with Crippen LogP contribution in [0, 0.1) is 0 Å². The number of hydrogen-bond acceptors (Lipinski definition) is 4. The van der Waals surface area contributed by atoms with Crippen molar-refractivity contribution in [3.63, 3.8) is 0 Å². The summed E-state index contributed by atoms with van der Waals surface area (Å²) in [6.45, 7) is 1.68. The summed E-state index contributed by atoms with van der Waals surface area (Å²) >= 11 is 5.83. The molecule has 0 saturated carbocycles. The molecule has 0 fully saturated rings. The number of rotatable bonds is 4. The van der Waals surface area contributed by atoms with Crippen molar-refractivity contribution in [2.45, 2.75) is 18.8 Å². The van der Waals surface area contributed by atoms with Gasteiger partial charge in [0.2, 0.25) is 11.8 Å². The molecule has 7 heteroatoms. The maximum absolute atomic E-state index is 11.3. The predicted molar refractivity (Wildman–Crippen MR) is 67.5 cm³/mol. The van der Waals surface area contributed by atoms with Gasteiger partial charge in [0.15, 0.2) is 5.65 Å². The molecule has 0 aliphatic rings. The summed E-state index contributed by atoms with van der Waals surface area (Å²) in [5, 5.41) is 0. The Balaban J connectivity index is 2.69. The minimum atomic E-state index is -0.566. The number of ether oxygens (including phenoxy) is 1. The molecule has 2 aromatic heterocycles. The molecule has 2 heterocycles. The molecule has 96 valence electrons. The third kappa shape index (κ3) is 1.99. The van der Waals surface area contributed by atoms with Gasteiger partial charge in [-0.15, -0.1) is 11.6 Å². The number of primary amides is 1. The van der Waals surface area contributed by atoms with Crippen LogP contribution in [0.25, 0.3) is 11.2 Å². The molecular formula is C11H13ClN4O2. The number of imidazole rings is 1. The topological polar surface area (TPSA) is 83.0 Å². The highest BCUT2D eigenvalue weighted by molar-refractivity contribution is 6.16. The number of methoxy groups -OCH3 is 1. The lowest BCUT2D eigenvalue weighted by Crippen LogP contribution is -2.25. The fourth-order valence-electron chi connectivity index (χ4n) is 1.75. The Labute approximate surface area is 109 Å². The van der Waals surface area contributed by atoms with Crippen molar-refractivity contribution in [1.29, 1.82) is 0 Å². The minimum absolute atomic E-state index is 0.177. The van der Waals surface area contributed by atoms with E-state index < -0.39 is 11.9 Å². The van der Waals surface area contributed by atoms with Crippen LogP contribution in [0.2, 0.25) is 0 Å². The van der Waals surface area contributed by atoms with Crippen LogP contribution in [0.15, 0.2) is 12.1 Å². The van der Waals surface area contributed by atoms with E-state index in [9.17, 15) is 4.79 Å². The van der Waals surface area contributed by atoms with Crippen LogP contribution in [-0.2, 0) is 10.7 Å². The quantitative estimate of drug-likeness (QED) is 0.845. The number of amides is 1. The number of carbonyl (C=O) groups excluding carboxylic acids is 1. The first-order valence-electron chi connectivity index (χ1n) is 5.35. The molecule has 0 saturated heterocycles. The number of carbonyl (C=O) groups is 1. The number of pyridine rings is 1. The molecule has 0 spiro atoms. The molecule has 1 amide bonds. The van der Waals surface area contributed by atoms with E-state index in [1.165, 1.54) is 7.11 Å². The number of nitrogens with zero attached hydrogens (tertiary/aromatic N) is 3. The van der Waals surface area contributed by atoms with Gasteiger partial charge < -0.3 is 10.5 Å². The average molecular weight is 269 g/mol. The largest absolute Gasteiger partial charge is 0.481 e. The predicted octanol–water partition coefficient (Wildman–Crippen LogP) is 1.22. The second-order valence-corrected chi connectivity index (χ2v) is 4.07. The first-order chi connectivity index (χ1) is 8.58. The number of halogens is 1. The molecule has 0 radical (unpaired) electrons. The highest BCUT2D eigenvalue weighted by Crippen LogP contribution is 2.23. The zero-order valence-corrected chi connectivity index (χ0v) is 10.8. The lowest BCUT2D eigenvalue weighted by molar-refractivity contribution is -0.120. The van der Waals surface area contributed by atoms with E-state index in [1.54, 1.807) is 23.6 Å². The van der Waals surface area contributed by atoms with Crippen LogP contribution in [-0.4, -0.2) is 27.6 Å². The van der Waals surface area contributed by atoms with Crippen molar-refractivity contribution in [3.05, 3.63) is 18.0 Å². The molecule has 1 atom stereocenters. The molecule has 0 bridgehead atoms. The van der Waals surface area contributed by atoms with Gasteiger partial charge in [0.05, 0.1) is 13.0 Å². The zero-order valence-electron chi connectivity index (χ0n) is 10.1. The van der Waals surface area contributed by atoms with Gasteiger partial charge in [-0.1, -0.05) is 0 Å². The molecule has 6 nitrogen and oxygen atoms in total. The van der Waals surface area contributed by atoms with Crippen LogP contribution in [0.1, 0.15) is 18.8 Å². The Morgan fingerprint density at radius 1 is 1.56 bits per heavy atom. The number of nitrogens with two attached hydrogens (primary N) is 1. The molecule has 18 heavy (non-hydrogen) atoms. The van der Waals surface area contributed by atoms with Crippen LogP contribution in [0.4, 0.5) is 0 Å². The van der Waals surface area contributed by atoms with Gasteiger partial charge in [0.1, 0.15) is 17.4 Å². The molecular weight excluding hydrogens is 256 g/mol. The summed E-state index contributed by atoms with van der Waals surface area (Å²) in [5.74, 6) is 0.710. The van der Waals surface area contributed by atoms with E-state index in [4.69, 9.17) is 22.1 Å². The monoisotopic (exact) mass is 268 g/mol. The molecule has 0 aromatic carbocycles. The van der Waals surface area contributed by atoms with Crippen molar-refractivity contribution < 1.29 is 9.53 Å². The molecule has 2 rings (SSSR count). The fourth-order valence-corrected chi connectivity index (χ4v) is 1.93. The van der Waals surface area contributed by atoms with Gasteiger partial charge in [-0.2, -0.15) is 4.98 Å². The molecule has 1 unspecified atom stereocenters. The summed E-state index contributed by atoms with van der Waals surface area (Å²) in [5.41, 5.74) is 6.51. The number of hydrogen-bond donors (Lipinski definition) is 1. The normalized spacial score (nSPS) is 12.6. The third-order valence-electron chi connectivity index (χ3n) is 2.71. The van der Waals surface area contributed by atoms with E-state index in [2.05, 4.69) is 9.97 Å². The Kier molecular flexibility index (Phi) is 3.38. The molecule has 2 aromatic rings. The fraction of sp³-hybridized carbons (Fsp3) is 0.364. The summed E-state index contributed by atoms with van der Waals surface area (Å²) in [6.07, 6.45) is 0. The summed E-state index contributed by atoms with van der Waals surface area (Å²) in [4.78, 5) is 19.9. The number of fused-ring (bicyclic) bond motifs is 1. The summed E-state index contributed by atoms with van der Waals surface area (Å²) in [6, 6.07) is 2.90. The van der Waals surface area contributed by atoms with Gasteiger partial charge in [-0.05, 0) is 13.0 Å². The first kappa shape index (κ1) is 12.6. The smallest absolute Gasteiger partial charge is 0.240 e. The van der Waals surface area contributed by atoms with Crippen molar-refractivity contribution in [2.24, 2.45) is 5.73 Å². The Hall–Kier alpha value is -1.82. The molecule has 2 N–H and O–H groups in total. The SMILES string of the molecule is COc1ccc2nc(CCl)n(C(C)C(N)=O)c2n1. The third-order valence-corrected chi connectivity index (χ3v) is 2.95. The van der Waals surface area contributed by atoms with E-state index in [0.29, 0.717) is 22.9 Å². The Morgan fingerprint density at radius 3 is 2.83 bits per heavy atom. The van der Waals surface area contributed by atoms with Gasteiger partial charge in [-0.25, -0.2) is 4.98 Å². The van der Waals surface area contributed by atoms with Crippen molar-refractivity contribution >= 4 is 28.7 Å². The summed E-state index contributed by atoms with van der Waals surface area (Å²) < 4.78 is 6.69. The van der Waals surface area contributed by atoms with Crippen LogP contribution in [0.5, 0.6) is 5.88 Å². The second-order valence-electron chi connectivity index (χ2n) is 3.81. The minimum Gasteiger partial charge on any atom is -0.481 e. The Morgan fingerprint density at radius 2 is 2.28 bits per heavy atom. The van der Waals surface area contributed by atoms with Crippen LogP contribution in [0.3, 0.4) is 0 Å². The average Bonchev–Trinajstić information content (AvgIpc) is 2.74. The highest BCUT2D eigenvalue weighted by Gasteiger charge is 2.20. The van der Waals surface area contributed by atoms with Gasteiger partial charge in [0, 0.05) is 6.07 Å². The summed E-state index contributed by atoms with van der Waals surface area (Å²) in [7, 11) is 1.52. The van der Waals surface area contributed by atoms with Crippen molar-refractivity contribution in [2.75, 3.05) is 7.11 Å². The lowest BCUT2D eigenvalue weighted by Gasteiger charge is -2.12. The van der Waals surface area contributed by atoms with Crippen LogP contribution >= 0.6 is 11.6 Å². The van der Waals surface area contributed by atoms with E-state index in [1.807, 2.05) is 0 Å². The van der Waals surface area contributed by atoms with E-state index in [0.717, 1.165) is 0 Å². The Bertz CT molecular complexity index is 596. The molecule has 0 aliphatic heterocycles. The van der Waals surface area contributed by atoms with Gasteiger partial charge in [0.25, 0.3) is 0 Å². The first-order valence-corrected chi connectivity index (χ1v) is 5.89. The molecule has 0 aliphatic carbocycles. The maximum Gasteiger partial charge on any atom is 0.240 e.